The van der Waals surface area contributed by atoms with Crippen molar-refractivity contribution in [1.29, 1.82) is 0 Å². The largest absolute Gasteiger partial charge is 0.508 e. The van der Waals surface area contributed by atoms with Gasteiger partial charge in [-0.05, 0) is 71.6 Å². The Bertz CT molecular complexity index is 822. The highest BCUT2D eigenvalue weighted by Gasteiger charge is 2.38. The first-order valence-corrected chi connectivity index (χ1v) is 12.0. The van der Waals surface area contributed by atoms with Crippen LogP contribution in [0.15, 0.2) is 24.3 Å². The molecule has 0 aliphatic heterocycles. The average Bonchev–Trinajstić information content (AvgIpc) is 2.67. The van der Waals surface area contributed by atoms with Crippen molar-refractivity contribution >= 4 is 17.9 Å². The zero-order valence-electron chi connectivity index (χ0n) is 22.2. The topological polar surface area (TPSA) is 108 Å². The number of amides is 3. The van der Waals surface area contributed by atoms with E-state index in [1.54, 1.807) is 32.9 Å². The molecule has 0 saturated heterocycles. The Kier molecular flexibility index (Phi) is 10.4. The van der Waals surface area contributed by atoms with Crippen LogP contribution in [0.4, 0.5) is 4.79 Å². The molecule has 2 unspecified atom stereocenters. The maximum atomic E-state index is 13.9. The van der Waals surface area contributed by atoms with Crippen LogP contribution >= 0.6 is 0 Å². The summed E-state index contributed by atoms with van der Waals surface area (Å²) in [5, 5.41) is 15.4. The van der Waals surface area contributed by atoms with E-state index in [2.05, 4.69) is 10.6 Å². The second kappa shape index (κ2) is 12.1. The van der Waals surface area contributed by atoms with Gasteiger partial charge in [-0.15, -0.1) is 0 Å². The van der Waals surface area contributed by atoms with Crippen LogP contribution in [0.1, 0.15) is 86.8 Å². The van der Waals surface area contributed by atoms with Crippen LogP contribution in [0, 0.1) is 5.92 Å². The van der Waals surface area contributed by atoms with Crippen LogP contribution in [0.3, 0.4) is 0 Å². The van der Waals surface area contributed by atoms with Crippen LogP contribution in [-0.2, 0) is 14.3 Å². The summed E-state index contributed by atoms with van der Waals surface area (Å²) in [6.07, 6.45) is 0.814. The molecule has 0 radical (unpaired) electrons. The molecule has 0 fully saturated rings. The van der Waals surface area contributed by atoms with Crippen LogP contribution in [-0.4, -0.2) is 51.6 Å². The second-order valence-corrected chi connectivity index (χ2v) is 11.0. The summed E-state index contributed by atoms with van der Waals surface area (Å²) >= 11 is 0. The van der Waals surface area contributed by atoms with Gasteiger partial charge in [0.25, 0.3) is 0 Å². The molecule has 34 heavy (non-hydrogen) atoms. The van der Waals surface area contributed by atoms with Gasteiger partial charge >= 0.3 is 6.09 Å². The first kappa shape index (κ1) is 29.3. The van der Waals surface area contributed by atoms with E-state index in [9.17, 15) is 19.5 Å². The van der Waals surface area contributed by atoms with Crippen molar-refractivity contribution in [3.8, 4) is 5.75 Å². The maximum absolute atomic E-state index is 13.9. The molecular weight excluding hydrogens is 434 g/mol. The van der Waals surface area contributed by atoms with Gasteiger partial charge < -0.3 is 25.4 Å². The number of unbranched alkanes of at least 4 members (excludes halogenated alkanes) is 1. The first-order valence-electron chi connectivity index (χ1n) is 12.0. The van der Waals surface area contributed by atoms with Gasteiger partial charge in [-0.1, -0.05) is 39.3 Å². The highest BCUT2D eigenvalue weighted by Crippen LogP contribution is 2.27. The standard InChI is InChI=1S/C26H43N3O5/c1-10-11-16-29(23(32)20(17(2)3)27-24(33)34-26(7,8)9)21(22(31)28-25(4,5)6)18-12-14-19(30)15-13-18/h12-15,17,20-21,30H,10-11,16H2,1-9H3,(H,27,33)(H,28,31). The number of rotatable bonds is 9. The molecule has 3 amide bonds. The molecule has 0 bridgehead atoms. The third kappa shape index (κ3) is 9.61. The molecule has 8 heteroatoms. The van der Waals surface area contributed by atoms with E-state index in [0.717, 1.165) is 6.42 Å². The summed E-state index contributed by atoms with van der Waals surface area (Å²) in [5.74, 6) is -0.869. The average molecular weight is 478 g/mol. The molecule has 1 aromatic carbocycles. The smallest absolute Gasteiger partial charge is 0.408 e. The van der Waals surface area contributed by atoms with E-state index in [-0.39, 0.29) is 23.5 Å². The number of nitrogens with one attached hydrogen (secondary N) is 2. The number of aromatic hydroxyl groups is 1. The molecule has 0 heterocycles. The fraction of sp³-hybridized carbons (Fsp3) is 0.654. The quantitative estimate of drug-likeness (QED) is 0.484. The van der Waals surface area contributed by atoms with Gasteiger partial charge in [0.1, 0.15) is 23.4 Å². The number of benzene rings is 1. The Morgan fingerprint density at radius 1 is 1.03 bits per heavy atom. The third-order valence-corrected chi connectivity index (χ3v) is 4.91. The normalized spacial score (nSPS) is 13.7. The molecule has 3 N–H and O–H groups in total. The summed E-state index contributed by atoms with van der Waals surface area (Å²) in [5.41, 5.74) is -0.654. The molecule has 192 valence electrons. The molecular formula is C26H43N3O5. The number of hydrogen-bond donors (Lipinski definition) is 3. The highest BCUT2D eigenvalue weighted by atomic mass is 16.6. The first-order chi connectivity index (χ1) is 15.6. The number of carbonyl (C=O) groups excluding carboxylic acids is 3. The van der Waals surface area contributed by atoms with Gasteiger partial charge in [0.15, 0.2) is 0 Å². The van der Waals surface area contributed by atoms with Crippen LogP contribution in [0.2, 0.25) is 0 Å². The van der Waals surface area contributed by atoms with Gasteiger partial charge in [0.2, 0.25) is 11.8 Å². The summed E-state index contributed by atoms with van der Waals surface area (Å²) in [6, 6.07) is 4.46. The Labute approximate surface area is 204 Å². The van der Waals surface area contributed by atoms with Gasteiger partial charge in [0.05, 0.1) is 0 Å². The summed E-state index contributed by atoms with van der Waals surface area (Å²) in [6.45, 7) is 16.9. The number of hydrogen-bond acceptors (Lipinski definition) is 5. The van der Waals surface area contributed by atoms with E-state index in [1.165, 1.54) is 17.0 Å². The number of carbonyl (C=O) groups is 3. The fourth-order valence-corrected chi connectivity index (χ4v) is 3.39. The van der Waals surface area contributed by atoms with Crippen LogP contribution in [0.25, 0.3) is 0 Å². The van der Waals surface area contributed by atoms with Gasteiger partial charge in [0, 0.05) is 12.1 Å². The Hall–Kier alpha value is -2.77. The fourth-order valence-electron chi connectivity index (χ4n) is 3.39. The lowest BCUT2D eigenvalue weighted by molar-refractivity contribution is -0.144. The molecule has 0 aromatic heterocycles. The van der Waals surface area contributed by atoms with Crippen LogP contribution < -0.4 is 10.6 Å². The van der Waals surface area contributed by atoms with E-state index < -0.39 is 29.3 Å². The summed E-state index contributed by atoms with van der Waals surface area (Å²) < 4.78 is 5.37. The van der Waals surface area contributed by atoms with Crippen molar-refractivity contribution in [2.75, 3.05) is 6.54 Å². The number of phenolic OH excluding ortho intramolecular Hbond substituents is 1. The zero-order chi connectivity index (χ0) is 26.3. The highest BCUT2D eigenvalue weighted by molar-refractivity contribution is 5.92. The summed E-state index contributed by atoms with van der Waals surface area (Å²) in [7, 11) is 0. The lowest BCUT2D eigenvalue weighted by atomic mass is 9.97. The lowest BCUT2D eigenvalue weighted by Crippen LogP contribution is -2.56. The van der Waals surface area contributed by atoms with E-state index >= 15 is 0 Å². The van der Waals surface area contributed by atoms with Gasteiger partial charge in [-0.2, -0.15) is 0 Å². The summed E-state index contributed by atoms with van der Waals surface area (Å²) in [4.78, 5) is 41.4. The number of nitrogens with zero attached hydrogens (tertiary/aromatic N) is 1. The van der Waals surface area contributed by atoms with E-state index in [1.807, 2.05) is 41.5 Å². The monoisotopic (exact) mass is 477 g/mol. The number of ether oxygens (including phenoxy) is 1. The van der Waals surface area contributed by atoms with Crippen LogP contribution in [0.5, 0.6) is 5.75 Å². The molecule has 0 aliphatic rings. The molecule has 0 spiro atoms. The SMILES string of the molecule is CCCCN(C(=O)C(NC(=O)OC(C)(C)C)C(C)C)C(C(=O)NC(C)(C)C)c1ccc(O)cc1. The predicted molar refractivity (Wildman–Crippen MR) is 133 cm³/mol. The molecule has 8 nitrogen and oxygen atoms in total. The Morgan fingerprint density at radius 2 is 1.59 bits per heavy atom. The molecule has 1 aromatic rings. The van der Waals surface area contributed by atoms with E-state index in [4.69, 9.17) is 4.74 Å². The Morgan fingerprint density at radius 3 is 2.03 bits per heavy atom. The van der Waals surface area contributed by atoms with Crippen molar-refractivity contribution in [2.45, 2.75) is 98.4 Å². The van der Waals surface area contributed by atoms with Crippen molar-refractivity contribution in [2.24, 2.45) is 5.92 Å². The molecule has 2 atom stereocenters. The van der Waals surface area contributed by atoms with Gasteiger partial charge in [-0.3, -0.25) is 9.59 Å². The minimum absolute atomic E-state index is 0.0665. The molecule has 0 aliphatic carbocycles. The minimum atomic E-state index is -0.930. The van der Waals surface area contributed by atoms with Crippen molar-refractivity contribution in [3.63, 3.8) is 0 Å². The second-order valence-electron chi connectivity index (χ2n) is 11.0. The van der Waals surface area contributed by atoms with Gasteiger partial charge in [-0.25, -0.2) is 4.79 Å². The van der Waals surface area contributed by atoms with Crippen molar-refractivity contribution in [1.82, 2.24) is 15.5 Å². The minimum Gasteiger partial charge on any atom is -0.508 e. The van der Waals surface area contributed by atoms with Crippen molar-refractivity contribution in [3.05, 3.63) is 29.8 Å². The maximum Gasteiger partial charge on any atom is 0.408 e. The Balaban J connectivity index is 3.45. The number of phenols is 1. The molecule has 1 rings (SSSR count). The number of alkyl carbamates (subject to hydrolysis) is 1. The molecule has 0 saturated carbocycles. The lowest BCUT2D eigenvalue weighted by Gasteiger charge is -2.37. The predicted octanol–water partition coefficient (Wildman–Crippen LogP) is 4.53. The third-order valence-electron chi connectivity index (χ3n) is 4.91. The van der Waals surface area contributed by atoms with E-state index in [0.29, 0.717) is 18.5 Å². The zero-order valence-corrected chi connectivity index (χ0v) is 22.2. The van der Waals surface area contributed by atoms with Crippen molar-refractivity contribution < 1.29 is 24.2 Å².